The number of allylic oxidation sites excluding steroid dienone is 2. The Hall–Kier alpha value is -2.97. The van der Waals surface area contributed by atoms with Crippen LogP contribution in [0.1, 0.15) is 54.4 Å². The number of ether oxygens (including phenoxy) is 2. The number of nitrogens with zero attached hydrogens (tertiary/aromatic N) is 2. The standard InChI is InChI=1S/C21H28N2O7/c1-18(2,3)20(11-7-15(8-12-20)22(25)26)29-17(24)30-21(19(4,5)6)13-9-16(10-14-21)23(27)28/h7-11,13H,12,14H2,1-6H3. The van der Waals surface area contributed by atoms with E-state index in [4.69, 9.17) is 9.47 Å². The van der Waals surface area contributed by atoms with Gasteiger partial charge in [-0.25, -0.2) is 4.79 Å². The van der Waals surface area contributed by atoms with E-state index in [2.05, 4.69) is 0 Å². The maximum Gasteiger partial charge on any atom is 0.510 e. The predicted octanol–water partition coefficient (Wildman–Crippen LogP) is 4.95. The van der Waals surface area contributed by atoms with Crippen molar-refractivity contribution in [3.63, 3.8) is 0 Å². The molecule has 0 saturated carbocycles. The smallest absolute Gasteiger partial charge is 0.422 e. The third kappa shape index (κ3) is 4.44. The number of rotatable bonds is 4. The van der Waals surface area contributed by atoms with Crippen LogP contribution in [0.2, 0.25) is 0 Å². The lowest BCUT2D eigenvalue weighted by atomic mass is 9.72. The quantitative estimate of drug-likeness (QED) is 0.358. The molecule has 30 heavy (non-hydrogen) atoms. The molecule has 0 aromatic rings. The summed E-state index contributed by atoms with van der Waals surface area (Å²) in [5.41, 5.74) is -3.55. The summed E-state index contributed by atoms with van der Waals surface area (Å²) in [7, 11) is 0. The van der Waals surface area contributed by atoms with Gasteiger partial charge in [-0.15, -0.1) is 0 Å². The summed E-state index contributed by atoms with van der Waals surface area (Å²) in [6.45, 7) is 11.2. The molecule has 0 heterocycles. The third-order valence-electron chi connectivity index (χ3n) is 5.77. The first-order valence-corrected chi connectivity index (χ1v) is 9.62. The zero-order valence-electron chi connectivity index (χ0n) is 18.1. The number of hydrogen-bond donors (Lipinski definition) is 0. The van der Waals surface area contributed by atoms with Crippen molar-refractivity contribution in [1.29, 1.82) is 0 Å². The molecule has 9 nitrogen and oxygen atoms in total. The third-order valence-corrected chi connectivity index (χ3v) is 5.77. The largest absolute Gasteiger partial charge is 0.510 e. The first-order chi connectivity index (χ1) is 13.6. The minimum Gasteiger partial charge on any atom is -0.422 e. The van der Waals surface area contributed by atoms with Crippen LogP contribution in [-0.4, -0.2) is 27.2 Å². The van der Waals surface area contributed by atoms with E-state index in [9.17, 15) is 25.0 Å². The molecule has 0 saturated heterocycles. The average molecular weight is 420 g/mol. The Morgan fingerprint density at radius 1 is 0.833 bits per heavy atom. The molecular formula is C21H28N2O7. The average Bonchev–Trinajstić information content (AvgIpc) is 2.60. The van der Waals surface area contributed by atoms with Crippen LogP contribution in [0.25, 0.3) is 0 Å². The fraction of sp³-hybridized carbons (Fsp3) is 0.571. The second-order valence-corrected chi connectivity index (χ2v) is 9.58. The summed E-state index contributed by atoms with van der Waals surface area (Å²) in [6, 6.07) is 0. The summed E-state index contributed by atoms with van der Waals surface area (Å²) in [5, 5.41) is 22.0. The molecule has 0 amide bonds. The molecule has 0 spiro atoms. The van der Waals surface area contributed by atoms with Gasteiger partial charge in [0, 0.05) is 35.8 Å². The summed E-state index contributed by atoms with van der Waals surface area (Å²) < 4.78 is 11.5. The number of nitro groups is 2. The van der Waals surface area contributed by atoms with E-state index in [1.165, 1.54) is 36.5 Å². The van der Waals surface area contributed by atoms with E-state index in [1.807, 2.05) is 41.5 Å². The molecule has 2 rings (SSSR count). The highest BCUT2D eigenvalue weighted by Gasteiger charge is 2.49. The van der Waals surface area contributed by atoms with Crippen molar-refractivity contribution >= 4 is 6.16 Å². The second-order valence-electron chi connectivity index (χ2n) is 9.58. The van der Waals surface area contributed by atoms with Crippen molar-refractivity contribution in [3.05, 3.63) is 68.1 Å². The minimum absolute atomic E-state index is 0.0642. The molecule has 9 heteroatoms. The first-order valence-electron chi connectivity index (χ1n) is 9.62. The number of carbonyl (C=O) groups is 1. The molecule has 0 radical (unpaired) electrons. The minimum atomic E-state index is -1.14. The van der Waals surface area contributed by atoms with Crippen molar-refractivity contribution < 1.29 is 24.1 Å². The normalized spacial score (nSPS) is 26.5. The highest BCUT2D eigenvalue weighted by Crippen LogP contribution is 2.44. The van der Waals surface area contributed by atoms with Crippen LogP contribution in [0.15, 0.2) is 47.9 Å². The topological polar surface area (TPSA) is 122 Å². The predicted molar refractivity (Wildman–Crippen MR) is 110 cm³/mol. The highest BCUT2D eigenvalue weighted by atomic mass is 16.7. The van der Waals surface area contributed by atoms with Crippen molar-refractivity contribution in [2.45, 2.75) is 65.6 Å². The van der Waals surface area contributed by atoms with E-state index in [1.54, 1.807) is 0 Å². The summed E-state index contributed by atoms with van der Waals surface area (Å²) in [4.78, 5) is 33.9. The number of hydrogen-bond acceptors (Lipinski definition) is 7. The van der Waals surface area contributed by atoms with Crippen LogP contribution in [0.5, 0.6) is 0 Å². The van der Waals surface area contributed by atoms with Crippen LogP contribution in [0.4, 0.5) is 4.79 Å². The maximum atomic E-state index is 12.9. The molecule has 0 aromatic heterocycles. The van der Waals surface area contributed by atoms with E-state index in [0.717, 1.165) is 0 Å². The van der Waals surface area contributed by atoms with Crippen LogP contribution >= 0.6 is 0 Å². The lowest BCUT2D eigenvalue weighted by Crippen LogP contribution is -2.50. The zero-order valence-corrected chi connectivity index (χ0v) is 18.1. The van der Waals surface area contributed by atoms with Crippen LogP contribution in [-0.2, 0) is 9.47 Å². The van der Waals surface area contributed by atoms with Gasteiger partial charge in [-0.05, 0) is 24.3 Å². The van der Waals surface area contributed by atoms with E-state index in [0.29, 0.717) is 0 Å². The monoisotopic (exact) mass is 420 g/mol. The molecule has 2 unspecified atom stereocenters. The van der Waals surface area contributed by atoms with Crippen LogP contribution in [0, 0.1) is 31.1 Å². The molecule has 0 N–H and O–H groups in total. The Labute approximate surface area is 175 Å². The molecule has 164 valence electrons. The Kier molecular flexibility index (Phi) is 5.98. The van der Waals surface area contributed by atoms with Gasteiger partial charge in [0.1, 0.15) is 11.2 Å². The Bertz CT molecular complexity index is 801. The Morgan fingerprint density at radius 3 is 1.37 bits per heavy atom. The van der Waals surface area contributed by atoms with Gasteiger partial charge < -0.3 is 9.47 Å². The zero-order chi connectivity index (χ0) is 23.0. The van der Waals surface area contributed by atoms with Gasteiger partial charge in [-0.2, -0.15) is 0 Å². The molecule has 0 aromatic carbocycles. The Morgan fingerprint density at radius 2 is 1.17 bits per heavy atom. The van der Waals surface area contributed by atoms with Gasteiger partial charge in [-0.1, -0.05) is 41.5 Å². The fourth-order valence-electron chi connectivity index (χ4n) is 3.38. The van der Waals surface area contributed by atoms with Gasteiger partial charge in [0.15, 0.2) is 0 Å². The van der Waals surface area contributed by atoms with Gasteiger partial charge in [-0.3, -0.25) is 20.2 Å². The molecule has 0 aliphatic heterocycles. The molecule has 2 atom stereocenters. The first kappa shape index (κ1) is 23.3. The van der Waals surface area contributed by atoms with Crippen molar-refractivity contribution in [2.24, 2.45) is 10.8 Å². The molecule has 2 aliphatic carbocycles. The summed E-state index contributed by atoms with van der Waals surface area (Å²) in [6.07, 6.45) is 7.86. The highest BCUT2D eigenvalue weighted by molar-refractivity contribution is 5.63. The van der Waals surface area contributed by atoms with E-state index in [-0.39, 0.29) is 24.2 Å². The van der Waals surface area contributed by atoms with Crippen LogP contribution < -0.4 is 0 Å². The van der Waals surface area contributed by atoms with Gasteiger partial charge >= 0.3 is 6.16 Å². The van der Waals surface area contributed by atoms with Gasteiger partial charge in [0.25, 0.3) is 11.4 Å². The summed E-state index contributed by atoms with van der Waals surface area (Å²) in [5.74, 6) is 0. The van der Waals surface area contributed by atoms with Crippen LogP contribution in [0.3, 0.4) is 0 Å². The lowest BCUT2D eigenvalue weighted by Gasteiger charge is -2.45. The molecular weight excluding hydrogens is 392 g/mol. The van der Waals surface area contributed by atoms with Crippen molar-refractivity contribution in [3.8, 4) is 0 Å². The van der Waals surface area contributed by atoms with Gasteiger partial charge in [0.05, 0.1) is 9.85 Å². The maximum absolute atomic E-state index is 12.9. The molecule has 2 aliphatic rings. The molecule has 0 bridgehead atoms. The van der Waals surface area contributed by atoms with E-state index >= 15 is 0 Å². The van der Waals surface area contributed by atoms with Crippen molar-refractivity contribution in [1.82, 2.24) is 0 Å². The Balaban J connectivity index is 2.29. The fourth-order valence-corrected chi connectivity index (χ4v) is 3.38. The second kappa shape index (κ2) is 7.70. The van der Waals surface area contributed by atoms with Gasteiger partial charge in [0.2, 0.25) is 0 Å². The summed E-state index contributed by atoms with van der Waals surface area (Å²) >= 11 is 0. The lowest BCUT2D eigenvalue weighted by molar-refractivity contribution is -0.419. The van der Waals surface area contributed by atoms with Crippen molar-refractivity contribution in [2.75, 3.05) is 0 Å². The van der Waals surface area contributed by atoms with E-state index < -0.39 is 38.0 Å². The SMILES string of the molecule is CC(C)(C)C1(OC(=O)OC2(C(C)(C)C)C=CC([N+](=O)[O-])=CC2)C=CC([N+](=O)[O-])=CC1. The number of carbonyl (C=O) groups excluding carboxylic acids is 1. The molecule has 0 fully saturated rings.